The number of rotatable bonds is 9. The molecule has 9 heteroatoms. The lowest BCUT2D eigenvalue weighted by molar-refractivity contribution is -0.155. The fourth-order valence-electron chi connectivity index (χ4n) is 2.46. The molecule has 24 heavy (non-hydrogen) atoms. The Kier molecular flexibility index (Phi) is 7.13. The Labute approximate surface area is 140 Å². The number of aliphatic hydroxyl groups is 2. The van der Waals surface area contributed by atoms with Crippen molar-refractivity contribution in [1.29, 1.82) is 0 Å². The van der Waals surface area contributed by atoms with Crippen LogP contribution in [0.4, 0.5) is 5.95 Å². The molecule has 0 unspecified atom stereocenters. The Balaban J connectivity index is 1.71. The van der Waals surface area contributed by atoms with Crippen molar-refractivity contribution in [1.82, 2.24) is 9.97 Å². The smallest absolute Gasteiger partial charge is 0.252 e. The molecule has 0 aliphatic carbocycles. The first-order chi connectivity index (χ1) is 11.5. The number of hydrogen-bond acceptors (Lipinski definition) is 8. The van der Waals surface area contributed by atoms with Gasteiger partial charge < -0.3 is 29.7 Å². The maximum absolute atomic E-state index is 11.5. The van der Waals surface area contributed by atoms with E-state index in [9.17, 15) is 15.0 Å². The summed E-state index contributed by atoms with van der Waals surface area (Å²) in [5.74, 6) is 0.404. The van der Waals surface area contributed by atoms with Crippen molar-refractivity contribution in [2.75, 3.05) is 32.2 Å². The van der Waals surface area contributed by atoms with Gasteiger partial charge in [0, 0.05) is 25.4 Å². The number of aryl methyl sites for hydroxylation is 1. The number of nitrogens with one attached hydrogen (secondary N) is 2. The second-order valence-electron chi connectivity index (χ2n) is 5.60. The molecule has 1 aliphatic rings. The van der Waals surface area contributed by atoms with Gasteiger partial charge in [-0.1, -0.05) is 13.3 Å². The molecule has 136 valence electrons. The van der Waals surface area contributed by atoms with E-state index in [1.54, 1.807) is 0 Å². The van der Waals surface area contributed by atoms with Gasteiger partial charge in [-0.2, -0.15) is 0 Å². The lowest BCUT2D eigenvalue weighted by atomic mass is 10.1. The van der Waals surface area contributed by atoms with E-state index in [0.29, 0.717) is 19.1 Å². The van der Waals surface area contributed by atoms with E-state index >= 15 is 0 Å². The molecule has 1 saturated heterocycles. The Hall–Kier alpha value is -1.52. The van der Waals surface area contributed by atoms with E-state index in [-0.39, 0.29) is 12.2 Å². The van der Waals surface area contributed by atoms with E-state index in [4.69, 9.17) is 14.2 Å². The van der Waals surface area contributed by atoms with Gasteiger partial charge in [0.2, 0.25) is 5.95 Å². The second-order valence-corrected chi connectivity index (χ2v) is 5.60. The van der Waals surface area contributed by atoms with E-state index in [2.05, 4.69) is 15.3 Å². The van der Waals surface area contributed by atoms with Gasteiger partial charge in [-0.25, -0.2) is 4.98 Å². The van der Waals surface area contributed by atoms with Crippen LogP contribution in [0.3, 0.4) is 0 Å². The molecule has 4 N–H and O–H groups in total. The number of anilines is 1. The topological polar surface area (TPSA) is 126 Å². The lowest BCUT2D eigenvalue weighted by Crippen LogP contribution is -2.35. The highest BCUT2D eigenvalue weighted by molar-refractivity contribution is 5.24. The highest BCUT2D eigenvalue weighted by atomic mass is 16.7. The van der Waals surface area contributed by atoms with Crippen LogP contribution >= 0.6 is 0 Å². The minimum atomic E-state index is -1.09. The number of aliphatic hydroxyl groups excluding tert-OH is 2. The number of aromatic nitrogens is 2. The highest BCUT2D eigenvalue weighted by Crippen LogP contribution is 2.21. The summed E-state index contributed by atoms with van der Waals surface area (Å²) in [5.41, 5.74) is 0.547. The predicted molar refractivity (Wildman–Crippen MR) is 85.8 cm³/mol. The summed E-state index contributed by atoms with van der Waals surface area (Å²) in [5, 5.41) is 22.5. The van der Waals surface area contributed by atoms with Crippen molar-refractivity contribution in [3.05, 3.63) is 22.1 Å². The number of methoxy groups -OCH3 is 1. The van der Waals surface area contributed by atoms with Gasteiger partial charge in [0.25, 0.3) is 5.56 Å². The van der Waals surface area contributed by atoms with Crippen LogP contribution in [0.1, 0.15) is 19.0 Å². The SMILES string of the molecule is CCCc1cc(=O)[nH]c(NCCOC[C@H]2O[C@@H](OC)[C@H](O)[C@@H]2O)n1. The third-order valence-corrected chi connectivity index (χ3v) is 3.67. The summed E-state index contributed by atoms with van der Waals surface area (Å²) >= 11 is 0. The van der Waals surface area contributed by atoms with Crippen molar-refractivity contribution in [2.24, 2.45) is 0 Å². The average molecular weight is 343 g/mol. The molecule has 0 aromatic carbocycles. The van der Waals surface area contributed by atoms with Gasteiger partial charge in [0.15, 0.2) is 6.29 Å². The summed E-state index contributed by atoms with van der Waals surface area (Å²) in [6.45, 7) is 2.90. The normalized spacial score (nSPS) is 26.7. The first-order valence-corrected chi connectivity index (χ1v) is 8.01. The van der Waals surface area contributed by atoms with Crippen LogP contribution < -0.4 is 10.9 Å². The molecule has 2 heterocycles. The van der Waals surface area contributed by atoms with Gasteiger partial charge >= 0.3 is 0 Å². The van der Waals surface area contributed by atoms with Crippen LogP contribution in [0.25, 0.3) is 0 Å². The quantitative estimate of drug-likeness (QED) is 0.431. The Morgan fingerprint density at radius 1 is 1.42 bits per heavy atom. The molecule has 2 rings (SSSR count). The van der Waals surface area contributed by atoms with Crippen LogP contribution in [-0.2, 0) is 20.6 Å². The van der Waals surface area contributed by atoms with Crippen molar-refractivity contribution in [3.63, 3.8) is 0 Å². The minimum Gasteiger partial charge on any atom is -0.387 e. The van der Waals surface area contributed by atoms with Gasteiger partial charge in [-0.15, -0.1) is 0 Å². The number of hydrogen-bond donors (Lipinski definition) is 4. The first kappa shape index (κ1) is 18.8. The fraction of sp³-hybridized carbons (Fsp3) is 0.733. The lowest BCUT2D eigenvalue weighted by Gasteiger charge is -2.14. The summed E-state index contributed by atoms with van der Waals surface area (Å²) in [7, 11) is 1.40. The van der Waals surface area contributed by atoms with Crippen LogP contribution in [0.5, 0.6) is 0 Å². The van der Waals surface area contributed by atoms with E-state index in [0.717, 1.165) is 18.5 Å². The van der Waals surface area contributed by atoms with Gasteiger partial charge in [-0.05, 0) is 6.42 Å². The van der Waals surface area contributed by atoms with Crippen LogP contribution in [0.15, 0.2) is 10.9 Å². The standard InChI is InChI=1S/C15H25N3O6/c1-3-4-9-7-11(19)18-15(17-9)16-5-6-23-8-10-12(20)13(21)14(22-2)24-10/h7,10,12-14,20-21H,3-6,8H2,1-2H3,(H2,16,17,18,19)/t10-,12-,13-,14-/m1/s1. The maximum atomic E-state index is 11.5. The van der Waals surface area contributed by atoms with Crippen molar-refractivity contribution in [2.45, 2.75) is 44.4 Å². The van der Waals surface area contributed by atoms with Gasteiger partial charge in [0.05, 0.1) is 13.2 Å². The van der Waals surface area contributed by atoms with E-state index in [1.807, 2.05) is 6.92 Å². The molecule has 0 bridgehead atoms. The molecule has 1 aromatic rings. The number of aromatic amines is 1. The summed E-state index contributed by atoms with van der Waals surface area (Å²) < 4.78 is 15.7. The minimum absolute atomic E-state index is 0.125. The molecule has 0 saturated carbocycles. The summed E-state index contributed by atoms with van der Waals surface area (Å²) in [4.78, 5) is 18.4. The van der Waals surface area contributed by atoms with Crippen molar-refractivity contribution >= 4 is 5.95 Å². The molecular weight excluding hydrogens is 318 g/mol. The maximum Gasteiger partial charge on any atom is 0.252 e. The second kappa shape index (κ2) is 9.09. The Morgan fingerprint density at radius 2 is 2.21 bits per heavy atom. The van der Waals surface area contributed by atoms with E-state index < -0.39 is 24.6 Å². The zero-order chi connectivity index (χ0) is 17.5. The summed E-state index contributed by atoms with van der Waals surface area (Å²) in [6.07, 6.45) is -1.96. The average Bonchev–Trinajstić information content (AvgIpc) is 2.82. The molecule has 0 spiro atoms. The van der Waals surface area contributed by atoms with Crippen LogP contribution in [-0.4, -0.2) is 71.7 Å². The molecule has 1 fully saturated rings. The molecule has 1 aromatic heterocycles. The van der Waals surface area contributed by atoms with E-state index in [1.165, 1.54) is 13.2 Å². The molecule has 9 nitrogen and oxygen atoms in total. The largest absolute Gasteiger partial charge is 0.387 e. The van der Waals surface area contributed by atoms with Gasteiger partial charge in [-0.3, -0.25) is 9.78 Å². The number of H-pyrrole nitrogens is 1. The zero-order valence-electron chi connectivity index (χ0n) is 13.9. The third-order valence-electron chi connectivity index (χ3n) is 3.67. The first-order valence-electron chi connectivity index (χ1n) is 8.01. The Bertz CT molecular complexity index is 566. The number of nitrogens with zero attached hydrogens (tertiary/aromatic N) is 1. The predicted octanol–water partition coefficient (Wildman–Crippen LogP) is -0.756. The number of ether oxygens (including phenoxy) is 3. The molecule has 1 aliphatic heterocycles. The van der Waals surface area contributed by atoms with Crippen molar-refractivity contribution < 1.29 is 24.4 Å². The Morgan fingerprint density at radius 3 is 2.88 bits per heavy atom. The van der Waals surface area contributed by atoms with Crippen LogP contribution in [0.2, 0.25) is 0 Å². The fourth-order valence-corrected chi connectivity index (χ4v) is 2.46. The molecule has 0 radical (unpaired) electrons. The zero-order valence-corrected chi connectivity index (χ0v) is 13.9. The highest BCUT2D eigenvalue weighted by Gasteiger charge is 2.42. The third kappa shape index (κ3) is 4.99. The molecular formula is C15H25N3O6. The monoisotopic (exact) mass is 343 g/mol. The summed E-state index contributed by atoms with van der Waals surface area (Å²) in [6, 6.07) is 1.49. The van der Waals surface area contributed by atoms with Crippen molar-refractivity contribution in [3.8, 4) is 0 Å². The van der Waals surface area contributed by atoms with Gasteiger partial charge in [0.1, 0.15) is 18.3 Å². The molecule has 0 amide bonds. The molecule has 4 atom stereocenters. The van der Waals surface area contributed by atoms with Crippen LogP contribution in [0, 0.1) is 0 Å².